The van der Waals surface area contributed by atoms with Gasteiger partial charge in [0.25, 0.3) is 0 Å². The summed E-state index contributed by atoms with van der Waals surface area (Å²) < 4.78 is 0.281. The third-order valence-corrected chi connectivity index (χ3v) is 5.89. The van der Waals surface area contributed by atoms with Gasteiger partial charge >= 0.3 is 0 Å². The van der Waals surface area contributed by atoms with Crippen LogP contribution >= 0.6 is 69.9 Å². The summed E-state index contributed by atoms with van der Waals surface area (Å²) in [5.74, 6) is 0. The lowest BCUT2D eigenvalue weighted by atomic mass is 10.2. The van der Waals surface area contributed by atoms with Crippen molar-refractivity contribution >= 4 is 75.0 Å². The van der Waals surface area contributed by atoms with Crippen LogP contribution in [0, 0.1) is 6.92 Å². The molecule has 0 aliphatic heterocycles. The molecule has 1 rings (SSSR count). The minimum Gasteiger partial charge on any atom is -0.280 e. The first-order valence-corrected chi connectivity index (χ1v) is 8.86. The van der Waals surface area contributed by atoms with E-state index in [9.17, 15) is 4.79 Å². The Kier molecular flexibility index (Phi) is 7.88. The van der Waals surface area contributed by atoms with Gasteiger partial charge in [0.2, 0.25) is 5.12 Å². The zero-order valence-corrected chi connectivity index (χ0v) is 15.2. The van der Waals surface area contributed by atoms with Crippen LogP contribution in [0.15, 0.2) is 48.6 Å². The lowest BCUT2D eigenvalue weighted by molar-refractivity contribution is -0.107. The van der Waals surface area contributed by atoms with Gasteiger partial charge in [-0.2, -0.15) is 0 Å². The summed E-state index contributed by atoms with van der Waals surface area (Å²) in [6, 6.07) is 7.49. The van der Waals surface area contributed by atoms with Gasteiger partial charge in [-0.3, -0.25) is 4.79 Å². The molecule has 0 aromatic heterocycles. The van der Waals surface area contributed by atoms with Crippen LogP contribution in [0.1, 0.15) is 5.56 Å². The molecule has 0 amide bonds. The van der Waals surface area contributed by atoms with E-state index in [0.29, 0.717) is 0 Å². The second-order valence-electron chi connectivity index (χ2n) is 3.62. The smallest absolute Gasteiger partial charge is 0.237 e. The van der Waals surface area contributed by atoms with Crippen LogP contribution in [0.4, 0.5) is 0 Å². The van der Waals surface area contributed by atoms with E-state index < -0.39 is 0 Å². The molecular formula is C13H10Cl4OS2. The van der Waals surface area contributed by atoms with Crippen molar-refractivity contribution < 1.29 is 4.79 Å². The molecule has 108 valence electrons. The van der Waals surface area contributed by atoms with E-state index in [2.05, 4.69) is 0 Å². The summed E-state index contributed by atoms with van der Waals surface area (Å²) in [5.41, 5.74) is 1.11. The summed E-state index contributed by atoms with van der Waals surface area (Å²) in [4.78, 5) is 12.8. The molecule has 7 heteroatoms. The standard InChI is InChI=1S/C13H10Cl4OS2/c1-7-3-5-8(6-4-7)20-13(18)11(16)9(14)10(15)12(17)19-2/h3-6H,1-2H3/b11-9-,12-10+. The molecule has 1 nitrogen and oxygen atoms in total. The number of benzene rings is 1. The summed E-state index contributed by atoms with van der Waals surface area (Å²) >= 11 is 25.9. The minimum atomic E-state index is -0.385. The van der Waals surface area contributed by atoms with Gasteiger partial charge in [0.05, 0.1) is 14.4 Å². The zero-order valence-electron chi connectivity index (χ0n) is 10.5. The molecule has 0 radical (unpaired) electrons. The second-order valence-corrected chi connectivity index (χ2v) is 7.22. The molecule has 0 aliphatic rings. The molecule has 0 fully saturated rings. The first-order chi connectivity index (χ1) is 9.36. The van der Waals surface area contributed by atoms with E-state index >= 15 is 0 Å². The summed E-state index contributed by atoms with van der Waals surface area (Å²) in [5, 5.41) is -0.500. The number of thioether (sulfide) groups is 2. The number of halogens is 4. The predicted molar refractivity (Wildman–Crippen MR) is 93.0 cm³/mol. The van der Waals surface area contributed by atoms with Gasteiger partial charge in [0.1, 0.15) is 5.03 Å². The third kappa shape index (κ3) is 5.21. The summed E-state index contributed by atoms with van der Waals surface area (Å²) in [7, 11) is 0. The number of hydrogen-bond donors (Lipinski definition) is 0. The van der Waals surface area contributed by atoms with Crippen LogP contribution in [0.2, 0.25) is 0 Å². The Morgan fingerprint density at radius 1 is 0.950 bits per heavy atom. The van der Waals surface area contributed by atoms with E-state index in [1.807, 2.05) is 31.2 Å². The molecule has 0 saturated heterocycles. The lowest BCUT2D eigenvalue weighted by Crippen LogP contribution is -1.94. The molecule has 1 aromatic carbocycles. The monoisotopic (exact) mass is 386 g/mol. The maximum Gasteiger partial charge on any atom is 0.237 e. The van der Waals surface area contributed by atoms with Crippen LogP contribution in [0.25, 0.3) is 0 Å². The van der Waals surface area contributed by atoms with Crippen molar-refractivity contribution in [3.8, 4) is 0 Å². The highest BCUT2D eigenvalue weighted by atomic mass is 35.5. The van der Waals surface area contributed by atoms with E-state index in [1.165, 1.54) is 11.8 Å². The Morgan fingerprint density at radius 2 is 1.50 bits per heavy atom. The van der Waals surface area contributed by atoms with Gasteiger partial charge in [-0.1, -0.05) is 64.1 Å². The van der Waals surface area contributed by atoms with Crippen molar-refractivity contribution in [1.29, 1.82) is 0 Å². The van der Waals surface area contributed by atoms with Gasteiger partial charge in [-0.05, 0) is 37.1 Å². The van der Waals surface area contributed by atoms with Crippen LogP contribution in [0.3, 0.4) is 0 Å². The van der Waals surface area contributed by atoms with Gasteiger partial charge < -0.3 is 0 Å². The number of rotatable bonds is 4. The van der Waals surface area contributed by atoms with Crippen LogP contribution in [-0.4, -0.2) is 11.4 Å². The molecule has 0 unspecified atom stereocenters. The zero-order chi connectivity index (χ0) is 15.3. The molecular weight excluding hydrogens is 378 g/mol. The normalized spacial score (nSPS) is 13.7. The maximum atomic E-state index is 12.0. The Morgan fingerprint density at radius 3 is 2.00 bits per heavy atom. The van der Waals surface area contributed by atoms with Gasteiger partial charge in [-0.25, -0.2) is 0 Å². The minimum absolute atomic E-state index is 0.0442. The second kappa shape index (κ2) is 8.62. The third-order valence-electron chi connectivity index (χ3n) is 2.15. The number of hydrogen-bond acceptors (Lipinski definition) is 3. The fraction of sp³-hybridized carbons (Fsp3) is 0.154. The Balaban J connectivity index is 2.94. The molecule has 0 atom stereocenters. The number of allylic oxidation sites excluding steroid dienone is 2. The summed E-state index contributed by atoms with van der Waals surface area (Å²) in [6.07, 6.45) is 1.74. The molecule has 1 aromatic rings. The molecule has 0 spiro atoms. The van der Waals surface area contributed by atoms with Crippen molar-refractivity contribution in [3.05, 3.63) is 49.3 Å². The molecule has 0 N–H and O–H groups in total. The Hall–Kier alpha value is 0.230. The number of carbonyl (C=O) groups is 1. The van der Waals surface area contributed by atoms with E-state index in [-0.39, 0.29) is 24.6 Å². The molecule has 0 heterocycles. The fourth-order valence-electron chi connectivity index (χ4n) is 1.12. The average molecular weight is 388 g/mol. The number of aryl methyl sites for hydroxylation is 1. The van der Waals surface area contributed by atoms with Crippen molar-refractivity contribution in [1.82, 2.24) is 0 Å². The van der Waals surface area contributed by atoms with Crippen molar-refractivity contribution in [2.24, 2.45) is 0 Å². The predicted octanol–water partition coefficient (Wildman–Crippen LogP) is 6.31. The molecule has 0 saturated carbocycles. The van der Waals surface area contributed by atoms with Crippen LogP contribution in [-0.2, 0) is 4.79 Å². The van der Waals surface area contributed by atoms with Gasteiger partial charge in [-0.15, -0.1) is 11.8 Å². The molecule has 0 bridgehead atoms. The van der Waals surface area contributed by atoms with Crippen molar-refractivity contribution in [2.75, 3.05) is 6.26 Å². The Labute approximate surface area is 146 Å². The number of carbonyl (C=O) groups excluding carboxylic acids is 1. The van der Waals surface area contributed by atoms with Crippen LogP contribution in [0.5, 0.6) is 0 Å². The SMILES string of the molecule is CS/C(Cl)=C(Cl)\C(Cl)=C(\Cl)C(=O)Sc1ccc(C)cc1. The van der Waals surface area contributed by atoms with E-state index in [4.69, 9.17) is 46.4 Å². The highest BCUT2D eigenvalue weighted by Crippen LogP contribution is 2.36. The highest BCUT2D eigenvalue weighted by molar-refractivity contribution is 8.14. The first-order valence-electron chi connectivity index (χ1n) is 5.30. The largest absolute Gasteiger partial charge is 0.280 e. The van der Waals surface area contributed by atoms with Gasteiger partial charge in [0.15, 0.2) is 0 Å². The first kappa shape index (κ1) is 18.3. The lowest BCUT2D eigenvalue weighted by Gasteiger charge is -2.04. The molecule has 20 heavy (non-hydrogen) atoms. The topological polar surface area (TPSA) is 17.1 Å². The Bertz CT molecular complexity index is 564. The van der Waals surface area contributed by atoms with Crippen molar-refractivity contribution in [2.45, 2.75) is 11.8 Å². The van der Waals surface area contributed by atoms with Crippen molar-refractivity contribution in [3.63, 3.8) is 0 Å². The fourth-order valence-corrected chi connectivity index (χ4v) is 3.10. The highest BCUT2D eigenvalue weighted by Gasteiger charge is 2.17. The maximum absolute atomic E-state index is 12.0. The van der Waals surface area contributed by atoms with Gasteiger partial charge in [0, 0.05) is 4.90 Å². The summed E-state index contributed by atoms with van der Waals surface area (Å²) in [6.45, 7) is 1.97. The average Bonchev–Trinajstić information content (AvgIpc) is 2.46. The van der Waals surface area contributed by atoms with E-state index in [0.717, 1.165) is 22.2 Å². The van der Waals surface area contributed by atoms with E-state index in [1.54, 1.807) is 6.26 Å². The molecule has 0 aliphatic carbocycles. The quantitative estimate of drug-likeness (QED) is 0.342. The van der Waals surface area contributed by atoms with Crippen LogP contribution < -0.4 is 0 Å².